The summed E-state index contributed by atoms with van der Waals surface area (Å²) >= 11 is 6.07. The minimum absolute atomic E-state index is 0.0325. The minimum atomic E-state index is 0.0325. The van der Waals surface area contributed by atoms with Gasteiger partial charge in [-0.3, -0.25) is 0 Å². The summed E-state index contributed by atoms with van der Waals surface area (Å²) in [6, 6.07) is 3.89. The van der Waals surface area contributed by atoms with Gasteiger partial charge in [-0.15, -0.1) is 11.6 Å². The fourth-order valence-electron chi connectivity index (χ4n) is 2.61. The van der Waals surface area contributed by atoms with Crippen LogP contribution < -0.4 is 0 Å². The fraction of sp³-hybridized carbons (Fsp3) is 0.429. The summed E-state index contributed by atoms with van der Waals surface area (Å²) in [5.41, 5.74) is 2.85. The summed E-state index contributed by atoms with van der Waals surface area (Å²) < 4.78 is 9.61. The zero-order valence-electron chi connectivity index (χ0n) is 11.8. The molecule has 20 heavy (non-hydrogen) atoms. The molecule has 0 bridgehead atoms. The van der Waals surface area contributed by atoms with Gasteiger partial charge in [0.15, 0.2) is 5.65 Å². The van der Waals surface area contributed by atoms with Crippen LogP contribution in [-0.4, -0.2) is 19.3 Å². The summed E-state index contributed by atoms with van der Waals surface area (Å²) in [6.45, 7) is 6.92. The number of imidazole rings is 1. The Morgan fingerprint density at radius 1 is 1.45 bits per heavy atom. The van der Waals surface area contributed by atoms with Crippen molar-refractivity contribution in [3.8, 4) is 0 Å². The molecule has 0 fully saturated rings. The Morgan fingerprint density at radius 2 is 2.25 bits per heavy atom. The number of alkyl halides is 1. The highest BCUT2D eigenvalue weighted by molar-refractivity contribution is 6.16. The summed E-state index contributed by atoms with van der Waals surface area (Å²) in [5, 5.41) is 4.53. The van der Waals surface area contributed by atoms with E-state index in [0.717, 1.165) is 35.0 Å². The predicted molar refractivity (Wildman–Crippen MR) is 78.0 cm³/mol. The van der Waals surface area contributed by atoms with Crippen LogP contribution in [-0.2, 0) is 12.4 Å². The summed E-state index contributed by atoms with van der Waals surface area (Å²) in [6.07, 6.45) is 1.68. The second-order valence-electron chi connectivity index (χ2n) is 4.80. The van der Waals surface area contributed by atoms with Crippen LogP contribution in [0.25, 0.3) is 11.2 Å². The number of fused-ring (bicyclic) bond motifs is 1. The molecule has 3 heterocycles. The van der Waals surface area contributed by atoms with E-state index >= 15 is 0 Å². The van der Waals surface area contributed by atoms with Crippen LogP contribution in [0.2, 0.25) is 0 Å². The zero-order chi connectivity index (χ0) is 14.3. The molecule has 1 unspecified atom stereocenters. The molecule has 0 N–H and O–H groups in total. The molecule has 0 radical (unpaired) electrons. The Morgan fingerprint density at radius 3 is 2.85 bits per heavy atom. The Bertz CT molecular complexity index is 726. The van der Waals surface area contributed by atoms with Crippen LogP contribution in [0, 0.1) is 6.92 Å². The summed E-state index contributed by atoms with van der Waals surface area (Å²) in [5.74, 6) is 2.09. The number of halogens is 1. The predicted octanol–water partition coefficient (Wildman–Crippen LogP) is 3.50. The molecule has 0 spiro atoms. The maximum atomic E-state index is 6.07. The first-order valence-electron chi connectivity index (χ1n) is 6.71. The first kappa shape index (κ1) is 13.2. The van der Waals surface area contributed by atoms with E-state index in [-0.39, 0.29) is 6.04 Å². The third kappa shape index (κ3) is 1.85. The van der Waals surface area contributed by atoms with Crippen LogP contribution in [0.3, 0.4) is 0 Å². The van der Waals surface area contributed by atoms with E-state index in [1.165, 1.54) is 0 Å². The van der Waals surface area contributed by atoms with Crippen molar-refractivity contribution in [2.24, 2.45) is 0 Å². The molecular weight excluding hydrogens is 276 g/mol. The Labute approximate surface area is 122 Å². The van der Waals surface area contributed by atoms with Gasteiger partial charge in [0.2, 0.25) is 0 Å². The van der Waals surface area contributed by atoms with E-state index in [1.807, 2.05) is 23.7 Å². The maximum absolute atomic E-state index is 6.07. The molecule has 3 aromatic rings. The minimum Gasteiger partial charge on any atom is -0.467 e. The van der Waals surface area contributed by atoms with E-state index in [9.17, 15) is 0 Å². The maximum Gasteiger partial charge on any atom is 0.159 e. The highest BCUT2D eigenvalue weighted by Crippen LogP contribution is 2.28. The van der Waals surface area contributed by atoms with Gasteiger partial charge >= 0.3 is 0 Å². The van der Waals surface area contributed by atoms with E-state index in [4.69, 9.17) is 16.0 Å². The van der Waals surface area contributed by atoms with E-state index in [1.54, 1.807) is 6.26 Å². The number of aromatic nitrogens is 4. The van der Waals surface area contributed by atoms with Gasteiger partial charge < -0.3 is 8.98 Å². The van der Waals surface area contributed by atoms with Gasteiger partial charge in [0.05, 0.1) is 23.9 Å². The molecule has 0 amide bonds. The Kier molecular flexibility index (Phi) is 3.30. The lowest BCUT2D eigenvalue weighted by molar-refractivity contribution is 0.441. The average molecular weight is 293 g/mol. The normalized spacial score (nSPS) is 13.2. The van der Waals surface area contributed by atoms with Crippen molar-refractivity contribution >= 4 is 22.8 Å². The lowest BCUT2D eigenvalue weighted by Gasteiger charge is -2.15. The lowest BCUT2D eigenvalue weighted by Crippen LogP contribution is -2.12. The standard InChI is InChI=1S/C14H17ClN4O/c1-4-18-14-13(9(2)17-18)16-12(8-15)19(14)10(3)11-6-5-7-20-11/h5-7,10H,4,8H2,1-3H3. The smallest absolute Gasteiger partial charge is 0.159 e. The third-order valence-electron chi connectivity index (χ3n) is 3.58. The van der Waals surface area contributed by atoms with Crippen molar-refractivity contribution in [1.29, 1.82) is 0 Å². The van der Waals surface area contributed by atoms with Crippen LogP contribution in [0.1, 0.15) is 37.2 Å². The molecule has 1 atom stereocenters. The lowest BCUT2D eigenvalue weighted by atomic mass is 10.2. The molecule has 0 saturated carbocycles. The first-order valence-corrected chi connectivity index (χ1v) is 7.24. The quantitative estimate of drug-likeness (QED) is 0.692. The van der Waals surface area contributed by atoms with Gasteiger partial charge in [-0.05, 0) is 32.9 Å². The van der Waals surface area contributed by atoms with Gasteiger partial charge in [-0.1, -0.05) is 0 Å². The van der Waals surface area contributed by atoms with Crippen molar-refractivity contribution in [3.05, 3.63) is 35.7 Å². The van der Waals surface area contributed by atoms with Crippen molar-refractivity contribution < 1.29 is 4.42 Å². The molecule has 106 valence electrons. The average Bonchev–Trinajstić information content (AvgIpc) is 3.14. The van der Waals surface area contributed by atoms with Crippen LogP contribution in [0.4, 0.5) is 0 Å². The molecule has 6 heteroatoms. The first-order chi connectivity index (χ1) is 9.67. The van der Waals surface area contributed by atoms with E-state index < -0.39 is 0 Å². The van der Waals surface area contributed by atoms with Crippen LogP contribution in [0.15, 0.2) is 22.8 Å². The van der Waals surface area contributed by atoms with Crippen molar-refractivity contribution in [3.63, 3.8) is 0 Å². The molecule has 0 aromatic carbocycles. The molecular formula is C14H17ClN4O. The monoisotopic (exact) mass is 292 g/mol. The zero-order valence-corrected chi connectivity index (χ0v) is 12.6. The highest BCUT2D eigenvalue weighted by Gasteiger charge is 2.23. The number of furan rings is 1. The topological polar surface area (TPSA) is 48.8 Å². The number of hydrogen-bond donors (Lipinski definition) is 0. The fourth-order valence-corrected chi connectivity index (χ4v) is 2.80. The second kappa shape index (κ2) is 4.98. The second-order valence-corrected chi connectivity index (χ2v) is 5.06. The number of nitrogens with zero attached hydrogens (tertiary/aromatic N) is 4. The Hall–Kier alpha value is -1.75. The van der Waals surface area contributed by atoms with Gasteiger partial charge in [0, 0.05) is 6.54 Å². The molecule has 3 rings (SSSR count). The molecule has 0 saturated heterocycles. The number of rotatable bonds is 4. The van der Waals surface area contributed by atoms with Crippen LogP contribution >= 0.6 is 11.6 Å². The van der Waals surface area contributed by atoms with Crippen LogP contribution in [0.5, 0.6) is 0 Å². The van der Waals surface area contributed by atoms with E-state index in [2.05, 4.69) is 28.5 Å². The van der Waals surface area contributed by atoms with Gasteiger partial charge in [0.1, 0.15) is 17.1 Å². The molecule has 3 aromatic heterocycles. The molecule has 0 aliphatic heterocycles. The molecule has 5 nitrogen and oxygen atoms in total. The summed E-state index contributed by atoms with van der Waals surface area (Å²) in [7, 11) is 0. The molecule has 0 aliphatic carbocycles. The van der Waals surface area contributed by atoms with Crippen molar-refractivity contribution in [2.45, 2.75) is 39.2 Å². The SMILES string of the molecule is CCn1nc(C)c2nc(CCl)n(C(C)c3ccco3)c21. The highest BCUT2D eigenvalue weighted by atomic mass is 35.5. The number of aryl methyl sites for hydroxylation is 2. The van der Waals surface area contributed by atoms with Crippen molar-refractivity contribution in [1.82, 2.24) is 19.3 Å². The van der Waals surface area contributed by atoms with Gasteiger partial charge in [-0.25, -0.2) is 9.67 Å². The third-order valence-corrected chi connectivity index (χ3v) is 3.82. The summed E-state index contributed by atoms with van der Waals surface area (Å²) in [4.78, 5) is 4.64. The molecule has 0 aliphatic rings. The Balaban J connectivity index is 2.26. The van der Waals surface area contributed by atoms with Gasteiger partial charge in [0.25, 0.3) is 0 Å². The van der Waals surface area contributed by atoms with Gasteiger partial charge in [-0.2, -0.15) is 5.10 Å². The van der Waals surface area contributed by atoms with Crippen molar-refractivity contribution in [2.75, 3.05) is 0 Å². The van der Waals surface area contributed by atoms with E-state index in [0.29, 0.717) is 5.88 Å². The number of hydrogen-bond acceptors (Lipinski definition) is 3. The largest absolute Gasteiger partial charge is 0.467 e.